The molecule has 0 saturated heterocycles. The van der Waals surface area contributed by atoms with Crippen molar-refractivity contribution < 1.29 is 4.42 Å². The summed E-state index contributed by atoms with van der Waals surface area (Å²) in [4.78, 5) is 2.54. The molecule has 0 bridgehead atoms. The molecule has 0 aliphatic heterocycles. The van der Waals surface area contributed by atoms with Crippen molar-refractivity contribution in [3.05, 3.63) is 210 Å². The van der Waals surface area contributed by atoms with Crippen LogP contribution in [0, 0.1) is 0 Å². The Morgan fingerprint density at radius 1 is 0.355 bits per heavy atom. The van der Waals surface area contributed by atoms with Gasteiger partial charge in [0.05, 0.1) is 5.69 Å². The molecule has 0 radical (unpaired) electrons. The summed E-state index contributed by atoms with van der Waals surface area (Å²) >= 11 is 0. The van der Waals surface area contributed by atoms with Crippen LogP contribution in [0.15, 0.2) is 192 Å². The number of anilines is 3. The Hall–Kier alpha value is -7.42. The van der Waals surface area contributed by atoms with E-state index in [0.717, 1.165) is 50.0 Å². The maximum atomic E-state index is 7.12. The molecule has 2 heteroatoms. The molecule has 13 rings (SSSR count). The number of hydrogen-bond acceptors (Lipinski definition) is 2. The lowest BCUT2D eigenvalue weighted by molar-refractivity contribution is 0.660. The normalized spacial score (nSPS) is 14.4. The van der Waals surface area contributed by atoms with Gasteiger partial charge in [0.25, 0.3) is 0 Å². The molecule has 10 aromatic carbocycles. The zero-order chi connectivity index (χ0) is 41.5. The molecule has 11 aromatic rings. The van der Waals surface area contributed by atoms with E-state index in [4.69, 9.17) is 4.42 Å². The van der Waals surface area contributed by atoms with Crippen molar-refractivity contribution in [2.75, 3.05) is 4.90 Å². The van der Waals surface area contributed by atoms with Crippen LogP contribution in [-0.2, 0) is 10.8 Å². The highest BCUT2D eigenvalue weighted by Crippen LogP contribution is 2.55. The van der Waals surface area contributed by atoms with Crippen molar-refractivity contribution in [1.29, 1.82) is 0 Å². The quantitative estimate of drug-likeness (QED) is 0.165. The molecular weight excluding hydrogens is 751 g/mol. The zero-order valence-electron chi connectivity index (χ0n) is 35.3. The second-order valence-electron chi connectivity index (χ2n) is 18.4. The molecular formula is C60H43NO. The second kappa shape index (κ2) is 12.6. The van der Waals surface area contributed by atoms with E-state index in [1.54, 1.807) is 0 Å². The third kappa shape index (κ3) is 4.75. The lowest BCUT2D eigenvalue weighted by Crippen LogP contribution is -2.18. The summed E-state index contributed by atoms with van der Waals surface area (Å²) in [5, 5.41) is 9.43. The largest absolute Gasteiger partial charge is 0.455 e. The van der Waals surface area contributed by atoms with Gasteiger partial charge >= 0.3 is 0 Å². The molecule has 0 unspecified atom stereocenters. The molecule has 0 atom stereocenters. The highest BCUT2D eigenvalue weighted by molar-refractivity contribution is 6.31. The van der Waals surface area contributed by atoms with Gasteiger partial charge in [-0.05, 0) is 113 Å². The van der Waals surface area contributed by atoms with Crippen molar-refractivity contribution in [3.8, 4) is 33.4 Å². The second-order valence-corrected chi connectivity index (χ2v) is 18.4. The molecule has 2 aliphatic rings. The SMILES string of the molecule is CC1(C)c2ccccc2-c2ccc(N(c3ccc4c(c3)C(C)(C)c3ccccc3-4)c3cc4c(cc3-c3cccc5ccccc35)oc3c5ccccc5c5ccccc5c43)cc21. The van der Waals surface area contributed by atoms with Gasteiger partial charge in [-0.3, -0.25) is 0 Å². The Bertz CT molecular complexity index is 3600. The molecule has 0 amide bonds. The van der Waals surface area contributed by atoms with E-state index in [1.165, 1.54) is 77.0 Å². The van der Waals surface area contributed by atoms with Gasteiger partial charge in [0.15, 0.2) is 0 Å². The minimum Gasteiger partial charge on any atom is -0.455 e. The lowest BCUT2D eigenvalue weighted by atomic mass is 9.82. The molecule has 1 aromatic heterocycles. The van der Waals surface area contributed by atoms with Crippen molar-refractivity contribution in [3.63, 3.8) is 0 Å². The Morgan fingerprint density at radius 2 is 0.839 bits per heavy atom. The van der Waals surface area contributed by atoms with Crippen LogP contribution in [0.1, 0.15) is 49.9 Å². The Labute approximate surface area is 361 Å². The number of benzene rings is 10. The fourth-order valence-corrected chi connectivity index (χ4v) is 11.4. The Kier molecular flexibility index (Phi) is 7.16. The fourth-order valence-electron chi connectivity index (χ4n) is 11.4. The van der Waals surface area contributed by atoms with Gasteiger partial charge < -0.3 is 9.32 Å². The molecule has 62 heavy (non-hydrogen) atoms. The maximum absolute atomic E-state index is 7.12. The van der Waals surface area contributed by atoms with Crippen LogP contribution in [0.25, 0.3) is 87.6 Å². The molecule has 2 aliphatic carbocycles. The first kappa shape index (κ1) is 35.3. The molecule has 1 heterocycles. The first-order valence-corrected chi connectivity index (χ1v) is 21.8. The van der Waals surface area contributed by atoms with Crippen molar-refractivity contribution in [2.45, 2.75) is 38.5 Å². The Balaban J connectivity index is 1.17. The summed E-state index contributed by atoms with van der Waals surface area (Å²) in [5.41, 5.74) is 17.8. The predicted molar refractivity (Wildman–Crippen MR) is 261 cm³/mol. The van der Waals surface area contributed by atoms with Crippen LogP contribution in [0.5, 0.6) is 0 Å². The molecule has 0 N–H and O–H groups in total. The monoisotopic (exact) mass is 793 g/mol. The Morgan fingerprint density at radius 3 is 1.48 bits per heavy atom. The van der Waals surface area contributed by atoms with Gasteiger partial charge in [0, 0.05) is 43.9 Å². The van der Waals surface area contributed by atoms with Gasteiger partial charge in [-0.1, -0.05) is 179 Å². The van der Waals surface area contributed by atoms with Crippen LogP contribution in [0.4, 0.5) is 17.1 Å². The predicted octanol–water partition coefficient (Wildman–Crippen LogP) is 16.8. The highest BCUT2D eigenvalue weighted by atomic mass is 16.3. The van der Waals surface area contributed by atoms with E-state index in [1.807, 2.05) is 0 Å². The summed E-state index contributed by atoms with van der Waals surface area (Å²) in [7, 11) is 0. The van der Waals surface area contributed by atoms with Crippen LogP contribution in [-0.4, -0.2) is 0 Å². The van der Waals surface area contributed by atoms with Crippen molar-refractivity contribution >= 4 is 71.3 Å². The van der Waals surface area contributed by atoms with E-state index < -0.39 is 0 Å². The summed E-state index contributed by atoms with van der Waals surface area (Å²) in [6.45, 7) is 9.51. The fraction of sp³-hybridized carbons (Fsp3) is 0.100. The van der Waals surface area contributed by atoms with Crippen LogP contribution in [0.2, 0.25) is 0 Å². The zero-order valence-corrected chi connectivity index (χ0v) is 35.3. The number of furan rings is 1. The average molecular weight is 794 g/mol. The van der Waals surface area contributed by atoms with Crippen molar-refractivity contribution in [2.24, 2.45) is 0 Å². The number of hydrogen-bond donors (Lipinski definition) is 0. The first-order chi connectivity index (χ1) is 30.3. The van der Waals surface area contributed by atoms with E-state index in [9.17, 15) is 0 Å². The summed E-state index contributed by atoms with van der Waals surface area (Å²) < 4.78 is 7.12. The van der Waals surface area contributed by atoms with Crippen molar-refractivity contribution in [1.82, 2.24) is 0 Å². The van der Waals surface area contributed by atoms with Crippen LogP contribution in [0.3, 0.4) is 0 Å². The number of rotatable bonds is 4. The molecule has 0 fully saturated rings. The third-order valence-electron chi connectivity index (χ3n) is 14.4. The molecule has 2 nitrogen and oxygen atoms in total. The van der Waals surface area contributed by atoms with Gasteiger partial charge in [-0.2, -0.15) is 0 Å². The first-order valence-electron chi connectivity index (χ1n) is 21.8. The minimum absolute atomic E-state index is 0.168. The minimum atomic E-state index is -0.168. The smallest absolute Gasteiger partial charge is 0.143 e. The third-order valence-corrected chi connectivity index (χ3v) is 14.4. The van der Waals surface area contributed by atoms with Gasteiger partial charge in [-0.25, -0.2) is 0 Å². The topological polar surface area (TPSA) is 16.4 Å². The molecule has 0 saturated carbocycles. The highest BCUT2D eigenvalue weighted by Gasteiger charge is 2.38. The standard InChI is InChI=1S/C60H43NO/c1-59(2)51-26-13-11-21-43(51)45-30-28-37(32-53(45)59)61(38-29-31-46-44-22-12-14-27-52(44)60(3,4)54(46)33-38)55-34-50-56(35-49(55)40-25-15-17-36-16-5-6-18-39(36)40)62-58-48-24-10-8-20-42(48)41-19-7-9-23-47(41)57(50)58/h5-35H,1-4H3. The van der Waals surface area contributed by atoms with Gasteiger partial charge in [-0.15, -0.1) is 0 Å². The summed E-state index contributed by atoms with van der Waals surface area (Å²) in [5.74, 6) is 0. The molecule has 294 valence electrons. The van der Waals surface area contributed by atoms with Crippen LogP contribution >= 0.6 is 0 Å². The van der Waals surface area contributed by atoms with E-state index >= 15 is 0 Å². The van der Waals surface area contributed by atoms with E-state index in [2.05, 4.69) is 221 Å². The summed E-state index contributed by atoms with van der Waals surface area (Å²) in [6, 6.07) is 69.9. The maximum Gasteiger partial charge on any atom is 0.143 e. The van der Waals surface area contributed by atoms with E-state index in [-0.39, 0.29) is 10.8 Å². The molecule has 0 spiro atoms. The number of fused-ring (bicyclic) bond motifs is 15. The van der Waals surface area contributed by atoms with E-state index in [0.29, 0.717) is 0 Å². The van der Waals surface area contributed by atoms with Gasteiger partial charge in [0.1, 0.15) is 11.2 Å². The average Bonchev–Trinajstić information content (AvgIpc) is 3.88. The van der Waals surface area contributed by atoms with Crippen LogP contribution < -0.4 is 4.90 Å². The summed E-state index contributed by atoms with van der Waals surface area (Å²) in [6.07, 6.45) is 0. The number of nitrogens with zero attached hydrogens (tertiary/aromatic N) is 1. The van der Waals surface area contributed by atoms with Gasteiger partial charge in [0.2, 0.25) is 0 Å². The lowest BCUT2D eigenvalue weighted by Gasteiger charge is -2.31.